The highest BCUT2D eigenvalue weighted by Gasteiger charge is 2.41. The molecule has 0 unspecified atom stereocenters. The lowest BCUT2D eigenvalue weighted by Crippen LogP contribution is -2.49. The molecule has 0 radical (unpaired) electrons. The Balaban J connectivity index is 1.38. The molecule has 1 aromatic carbocycles. The van der Waals surface area contributed by atoms with E-state index < -0.39 is 12.7 Å². The van der Waals surface area contributed by atoms with Gasteiger partial charge in [-0.05, 0) is 68.1 Å². The smallest absolute Gasteiger partial charge is 0.253 e. The molecule has 7 heteroatoms. The van der Waals surface area contributed by atoms with Crippen molar-refractivity contribution < 1.29 is 19.8 Å². The molecular formula is C25H37N3O4. The van der Waals surface area contributed by atoms with Crippen molar-refractivity contribution in [3.05, 3.63) is 35.4 Å². The Morgan fingerprint density at radius 1 is 1.12 bits per heavy atom. The minimum Gasteiger partial charge on any atom is -0.393 e. The molecule has 2 saturated heterocycles. The Morgan fingerprint density at radius 2 is 1.81 bits per heavy atom. The van der Waals surface area contributed by atoms with Gasteiger partial charge in [0, 0.05) is 37.3 Å². The predicted molar refractivity (Wildman–Crippen MR) is 122 cm³/mol. The quantitative estimate of drug-likeness (QED) is 0.540. The molecule has 3 fully saturated rings. The fourth-order valence-corrected chi connectivity index (χ4v) is 6.18. The number of benzene rings is 1. The van der Waals surface area contributed by atoms with E-state index in [0.717, 1.165) is 45.1 Å². The van der Waals surface area contributed by atoms with Crippen molar-refractivity contribution in [2.24, 2.45) is 11.7 Å². The van der Waals surface area contributed by atoms with Crippen LogP contribution in [-0.2, 0) is 4.79 Å². The van der Waals surface area contributed by atoms with Crippen LogP contribution < -0.4 is 5.73 Å². The lowest BCUT2D eigenvalue weighted by atomic mass is 9.84. The molecular weight excluding hydrogens is 406 g/mol. The van der Waals surface area contributed by atoms with Crippen molar-refractivity contribution in [3.8, 4) is 0 Å². The minimum atomic E-state index is -1.32. The van der Waals surface area contributed by atoms with Crippen LogP contribution in [0.5, 0.6) is 0 Å². The summed E-state index contributed by atoms with van der Waals surface area (Å²) in [5.41, 5.74) is 7.24. The molecule has 2 heterocycles. The molecule has 176 valence electrons. The lowest BCUT2D eigenvalue weighted by molar-refractivity contribution is -0.143. The number of primary amides is 1. The number of amides is 2. The highest BCUT2D eigenvalue weighted by Crippen LogP contribution is 2.43. The van der Waals surface area contributed by atoms with Crippen molar-refractivity contribution in [3.63, 3.8) is 0 Å². The van der Waals surface area contributed by atoms with Gasteiger partial charge in [-0.3, -0.25) is 14.5 Å². The van der Waals surface area contributed by atoms with E-state index in [2.05, 4.69) is 11.0 Å². The van der Waals surface area contributed by atoms with Gasteiger partial charge in [0.05, 0.1) is 6.61 Å². The van der Waals surface area contributed by atoms with E-state index in [1.807, 2.05) is 12.1 Å². The number of aliphatic hydroxyl groups excluding tert-OH is 2. The van der Waals surface area contributed by atoms with E-state index in [1.165, 1.54) is 18.4 Å². The molecule has 32 heavy (non-hydrogen) atoms. The standard InChI is InChI=1S/C25H37N3O4/c26-24(31)19-7-3-6-18(12-19)20-13-21-8-9-22(14-20)28(21)11-10-27(25(32)23(30)16-29)15-17-4-1-2-5-17/h3,6-7,12,17,20-23,29-30H,1-2,4-5,8-11,13-16H2,(H2,26,31)/t20-,21+,22-,23-/m0/s1. The summed E-state index contributed by atoms with van der Waals surface area (Å²) < 4.78 is 0. The number of piperidine rings is 1. The number of nitrogens with zero attached hydrogens (tertiary/aromatic N) is 2. The van der Waals surface area contributed by atoms with Gasteiger partial charge < -0.3 is 20.8 Å². The van der Waals surface area contributed by atoms with Gasteiger partial charge in [-0.15, -0.1) is 0 Å². The van der Waals surface area contributed by atoms with Gasteiger partial charge >= 0.3 is 0 Å². The van der Waals surface area contributed by atoms with Crippen LogP contribution in [0.1, 0.15) is 73.2 Å². The number of carbonyl (C=O) groups is 2. The van der Waals surface area contributed by atoms with E-state index in [-0.39, 0.29) is 11.8 Å². The SMILES string of the molecule is NC(=O)c1cccc([C@H]2C[C@H]3CC[C@@H](C2)N3CCN(CC2CCCC2)C(=O)[C@@H](O)CO)c1. The van der Waals surface area contributed by atoms with Gasteiger partial charge in [0.25, 0.3) is 5.91 Å². The third-order valence-electron chi connectivity index (χ3n) is 7.88. The van der Waals surface area contributed by atoms with Crippen LogP contribution in [-0.4, -0.2) is 76.3 Å². The largest absolute Gasteiger partial charge is 0.393 e. The molecule has 3 aliphatic rings. The molecule has 4 rings (SSSR count). The summed E-state index contributed by atoms with van der Waals surface area (Å²) in [4.78, 5) is 28.6. The first-order valence-corrected chi connectivity index (χ1v) is 12.2. The second-order valence-electron chi connectivity index (χ2n) is 9.91. The van der Waals surface area contributed by atoms with Crippen LogP contribution in [0.2, 0.25) is 0 Å². The zero-order valence-corrected chi connectivity index (χ0v) is 18.9. The zero-order chi connectivity index (χ0) is 22.7. The molecule has 4 atom stereocenters. The van der Waals surface area contributed by atoms with Gasteiger partial charge in [0.2, 0.25) is 5.91 Å². The van der Waals surface area contributed by atoms with Crippen molar-refractivity contribution in [1.29, 1.82) is 0 Å². The van der Waals surface area contributed by atoms with Crippen molar-refractivity contribution in [1.82, 2.24) is 9.80 Å². The van der Waals surface area contributed by atoms with E-state index in [4.69, 9.17) is 5.73 Å². The molecule has 2 bridgehead atoms. The molecule has 7 nitrogen and oxygen atoms in total. The van der Waals surface area contributed by atoms with E-state index >= 15 is 0 Å². The zero-order valence-electron chi connectivity index (χ0n) is 18.9. The van der Waals surface area contributed by atoms with Crippen molar-refractivity contribution in [2.45, 2.75) is 75.5 Å². The second-order valence-corrected chi connectivity index (χ2v) is 9.91. The number of fused-ring (bicyclic) bond motifs is 2. The summed E-state index contributed by atoms with van der Waals surface area (Å²) in [5.74, 6) is 0.203. The Hall–Kier alpha value is -1.96. The fraction of sp³-hybridized carbons (Fsp3) is 0.680. The molecule has 2 aliphatic heterocycles. The van der Waals surface area contributed by atoms with Crippen molar-refractivity contribution in [2.75, 3.05) is 26.2 Å². The van der Waals surface area contributed by atoms with Gasteiger partial charge in [-0.2, -0.15) is 0 Å². The van der Waals surface area contributed by atoms with E-state index in [0.29, 0.717) is 42.6 Å². The maximum Gasteiger partial charge on any atom is 0.253 e. The maximum absolute atomic E-state index is 12.7. The number of carbonyl (C=O) groups excluding carboxylic acids is 2. The highest BCUT2D eigenvalue weighted by molar-refractivity contribution is 5.92. The van der Waals surface area contributed by atoms with Crippen LogP contribution in [0.3, 0.4) is 0 Å². The molecule has 1 saturated carbocycles. The van der Waals surface area contributed by atoms with E-state index in [9.17, 15) is 19.8 Å². The van der Waals surface area contributed by atoms with Gasteiger partial charge in [-0.25, -0.2) is 0 Å². The number of nitrogens with two attached hydrogens (primary N) is 1. The number of hydrogen-bond donors (Lipinski definition) is 3. The first-order valence-electron chi connectivity index (χ1n) is 12.2. The molecule has 0 aromatic heterocycles. The monoisotopic (exact) mass is 443 g/mol. The first kappa shape index (κ1) is 23.2. The molecule has 4 N–H and O–H groups in total. The Labute approximate surface area is 190 Å². The molecule has 2 amide bonds. The normalized spacial score (nSPS) is 26.9. The lowest BCUT2D eigenvalue weighted by Gasteiger charge is -2.40. The second kappa shape index (κ2) is 10.3. The van der Waals surface area contributed by atoms with Crippen LogP contribution in [0.15, 0.2) is 24.3 Å². The van der Waals surface area contributed by atoms with E-state index in [1.54, 1.807) is 11.0 Å². The third kappa shape index (κ3) is 5.16. The summed E-state index contributed by atoms with van der Waals surface area (Å²) in [7, 11) is 0. The predicted octanol–water partition coefficient (Wildman–Crippen LogP) is 1.87. The van der Waals surface area contributed by atoms with Crippen molar-refractivity contribution >= 4 is 11.8 Å². The van der Waals surface area contributed by atoms with Crippen LogP contribution in [0, 0.1) is 5.92 Å². The number of aliphatic hydroxyl groups is 2. The molecule has 0 spiro atoms. The van der Waals surface area contributed by atoms with Crippen LogP contribution in [0.4, 0.5) is 0 Å². The third-order valence-corrected chi connectivity index (χ3v) is 7.88. The summed E-state index contributed by atoms with van der Waals surface area (Å²) in [6.45, 7) is 1.56. The average molecular weight is 444 g/mol. The Bertz CT molecular complexity index is 796. The van der Waals surface area contributed by atoms with Crippen LogP contribution in [0.25, 0.3) is 0 Å². The molecule has 1 aliphatic carbocycles. The number of rotatable bonds is 9. The van der Waals surface area contributed by atoms with Gasteiger partial charge in [-0.1, -0.05) is 25.0 Å². The van der Waals surface area contributed by atoms with Gasteiger partial charge in [0.15, 0.2) is 6.10 Å². The molecule has 1 aromatic rings. The average Bonchev–Trinajstić information content (AvgIpc) is 3.40. The summed E-state index contributed by atoms with van der Waals surface area (Å²) in [6.07, 6.45) is 7.80. The summed E-state index contributed by atoms with van der Waals surface area (Å²) in [5, 5.41) is 19.2. The summed E-state index contributed by atoms with van der Waals surface area (Å²) >= 11 is 0. The Morgan fingerprint density at radius 3 is 2.44 bits per heavy atom. The van der Waals surface area contributed by atoms with Crippen LogP contribution >= 0.6 is 0 Å². The first-order chi connectivity index (χ1) is 15.5. The minimum absolute atomic E-state index is 0.343. The Kier molecular flexibility index (Phi) is 7.48. The van der Waals surface area contributed by atoms with Gasteiger partial charge in [0.1, 0.15) is 0 Å². The highest BCUT2D eigenvalue weighted by atomic mass is 16.3. The maximum atomic E-state index is 12.7. The number of hydrogen-bond acceptors (Lipinski definition) is 5. The summed E-state index contributed by atoms with van der Waals surface area (Å²) in [6, 6.07) is 8.68. The topological polar surface area (TPSA) is 107 Å². The fourth-order valence-electron chi connectivity index (χ4n) is 6.18.